The summed E-state index contributed by atoms with van der Waals surface area (Å²) in [6.07, 6.45) is 7.10. The Morgan fingerprint density at radius 1 is 0.818 bits per heavy atom. The highest BCUT2D eigenvalue weighted by molar-refractivity contribution is 4.93. The Morgan fingerprint density at radius 2 is 1.36 bits per heavy atom. The van der Waals surface area contributed by atoms with E-state index in [1.165, 1.54) is 38.5 Å². The number of hydrogen-bond donors (Lipinski definition) is 0. The predicted octanol–water partition coefficient (Wildman–Crippen LogP) is 7.13. The van der Waals surface area contributed by atoms with Crippen molar-refractivity contribution in [1.29, 1.82) is 0 Å². The van der Waals surface area contributed by atoms with E-state index in [9.17, 15) is 13.2 Å². The summed E-state index contributed by atoms with van der Waals surface area (Å²) in [7, 11) is 0. The van der Waals surface area contributed by atoms with Crippen molar-refractivity contribution in [3.63, 3.8) is 0 Å². The molecule has 0 spiro atoms. The van der Waals surface area contributed by atoms with Crippen molar-refractivity contribution in [2.45, 2.75) is 97.1 Å². The van der Waals surface area contributed by atoms with Crippen LogP contribution in [0.1, 0.15) is 90.9 Å². The number of rotatable bonds is 5. The van der Waals surface area contributed by atoms with Gasteiger partial charge in [0.25, 0.3) is 0 Å². The highest BCUT2D eigenvalue weighted by Gasteiger charge is 2.55. The Balaban J connectivity index is 1.86. The summed E-state index contributed by atoms with van der Waals surface area (Å²) < 4.78 is 40.5. The zero-order valence-electron chi connectivity index (χ0n) is 14.4. The second kappa shape index (κ2) is 7.57. The maximum atomic E-state index is 13.5. The Morgan fingerprint density at radius 3 is 1.82 bits per heavy atom. The molecule has 2 aliphatic carbocycles. The topological polar surface area (TPSA) is 0 Å². The van der Waals surface area contributed by atoms with Gasteiger partial charge in [-0.2, -0.15) is 13.2 Å². The van der Waals surface area contributed by atoms with Crippen LogP contribution in [0.15, 0.2) is 0 Å². The standard InChI is InChI=1S/C19H33F3/c1-3-5-15-6-8-16(9-7-15)17-10-13-18(12-4-2,14-11-17)19(20,21)22/h15-17H,3-14H2,1-2H3/t15?,16?,17-,18+. The Labute approximate surface area is 134 Å². The summed E-state index contributed by atoms with van der Waals surface area (Å²) in [6.45, 7) is 4.13. The van der Waals surface area contributed by atoms with E-state index in [2.05, 4.69) is 6.92 Å². The fourth-order valence-corrected chi connectivity index (χ4v) is 5.17. The van der Waals surface area contributed by atoms with Crippen molar-refractivity contribution in [3.8, 4) is 0 Å². The molecule has 0 aromatic rings. The van der Waals surface area contributed by atoms with Crippen LogP contribution < -0.4 is 0 Å². The van der Waals surface area contributed by atoms with Crippen LogP contribution in [0.25, 0.3) is 0 Å². The molecule has 0 saturated heterocycles. The fraction of sp³-hybridized carbons (Fsp3) is 1.00. The second-order valence-corrected chi connectivity index (χ2v) is 7.93. The molecule has 0 N–H and O–H groups in total. The lowest BCUT2D eigenvalue weighted by atomic mass is 9.62. The van der Waals surface area contributed by atoms with Crippen LogP contribution in [0, 0.1) is 23.2 Å². The van der Waals surface area contributed by atoms with Gasteiger partial charge in [-0.05, 0) is 62.7 Å². The molecular weight excluding hydrogens is 285 g/mol. The maximum absolute atomic E-state index is 13.5. The molecule has 0 nitrogen and oxygen atoms in total. The summed E-state index contributed by atoms with van der Waals surface area (Å²) >= 11 is 0. The lowest BCUT2D eigenvalue weighted by Gasteiger charge is -2.44. The monoisotopic (exact) mass is 318 g/mol. The van der Waals surface area contributed by atoms with E-state index in [4.69, 9.17) is 0 Å². The van der Waals surface area contributed by atoms with Crippen LogP contribution in [0.3, 0.4) is 0 Å². The molecule has 0 unspecified atom stereocenters. The van der Waals surface area contributed by atoms with E-state index in [0.29, 0.717) is 37.5 Å². The van der Waals surface area contributed by atoms with Gasteiger partial charge in [0.1, 0.15) is 0 Å². The molecule has 0 aliphatic heterocycles. The molecule has 2 rings (SSSR count). The van der Waals surface area contributed by atoms with Gasteiger partial charge < -0.3 is 0 Å². The molecular formula is C19H33F3. The highest BCUT2D eigenvalue weighted by atomic mass is 19.4. The normalized spacial score (nSPS) is 37.2. The van der Waals surface area contributed by atoms with Gasteiger partial charge in [-0.3, -0.25) is 0 Å². The van der Waals surface area contributed by atoms with Gasteiger partial charge in [0, 0.05) is 0 Å². The van der Waals surface area contributed by atoms with E-state index in [0.717, 1.165) is 18.8 Å². The van der Waals surface area contributed by atoms with E-state index < -0.39 is 11.6 Å². The van der Waals surface area contributed by atoms with Gasteiger partial charge in [0.15, 0.2) is 0 Å². The van der Waals surface area contributed by atoms with Gasteiger partial charge in [-0.1, -0.05) is 46.0 Å². The van der Waals surface area contributed by atoms with Crippen LogP contribution in [-0.4, -0.2) is 6.18 Å². The molecule has 0 bridgehead atoms. The molecule has 0 amide bonds. The first-order valence-electron chi connectivity index (χ1n) is 9.48. The molecule has 2 aliphatic rings. The number of hydrogen-bond acceptors (Lipinski definition) is 0. The summed E-state index contributed by atoms with van der Waals surface area (Å²) in [4.78, 5) is 0. The third-order valence-corrected chi connectivity index (χ3v) is 6.57. The molecule has 22 heavy (non-hydrogen) atoms. The summed E-state index contributed by atoms with van der Waals surface area (Å²) in [5.41, 5.74) is -1.36. The van der Waals surface area contributed by atoms with E-state index in [1.54, 1.807) is 0 Å². The van der Waals surface area contributed by atoms with Crippen LogP contribution in [0.5, 0.6) is 0 Å². The first-order chi connectivity index (χ1) is 10.4. The lowest BCUT2D eigenvalue weighted by molar-refractivity contribution is -0.241. The van der Waals surface area contributed by atoms with E-state index >= 15 is 0 Å². The molecule has 0 radical (unpaired) electrons. The van der Waals surface area contributed by atoms with Gasteiger partial charge in [-0.15, -0.1) is 0 Å². The maximum Gasteiger partial charge on any atom is 0.394 e. The third-order valence-electron chi connectivity index (χ3n) is 6.57. The molecule has 0 atom stereocenters. The predicted molar refractivity (Wildman–Crippen MR) is 85.7 cm³/mol. The Kier molecular flexibility index (Phi) is 6.24. The van der Waals surface area contributed by atoms with Crippen LogP contribution in [-0.2, 0) is 0 Å². The molecule has 130 valence electrons. The Bertz CT molecular complexity index is 318. The average molecular weight is 318 g/mol. The summed E-state index contributed by atoms with van der Waals surface area (Å²) in [6, 6.07) is 0. The molecule has 0 heterocycles. The summed E-state index contributed by atoms with van der Waals surface area (Å²) in [5, 5.41) is 0. The van der Waals surface area contributed by atoms with Crippen LogP contribution in [0.2, 0.25) is 0 Å². The zero-order chi connectivity index (χ0) is 16.2. The third kappa shape index (κ3) is 4.00. The van der Waals surface area contributed by atoms with Crippen molar-refractivity contribution in [2.75, 3.05) is 0 Å². The minimum atomic E-state index is -4.01. The highest BCUT2D eigenvalue weighted by Crippen LogP contribution is 2.55. The number of alkyl halides is 3. The lowest BCUT2D eigenvalue weighted by Crippen LogP contribution is -2.42. The summed E-state index contributed by atoms with van der Waals surface area (Å²) in [5.74, 6) is 2.16. The minimum absolute atomic E-state index is 0.326. The zero-order valence-corrected chi connectivity index (χ0v) is 14.4. The second-order valence-electron chi connectivity index (χ2n) is 7.93. The molecule has 0 aromatic carbocycles. The minimum Gasteiger partial charge on any atom is -0.171 e. The average Bonchev–Trinajstić information content (AvgIpc) is 2.48. The van der Waals surface area contributed by atoms with Gasteiger partial charge >= 0.3 is 6.18 Å². The van der Waals surface area contributed by atoms with Crippen molar-refractivity contribution in [2.24, 2.45) is 23.2 Å². The van der Waals surface area contributed by atoms with Gasteiger partial charge in [0.2, 0.25) is 0 Å². The first kappa shape index (κ1) is 18.1. The smallest absolute Gasteiger partial charge is 0.171 e. The van der Waals surface area contributed by atoms with Gasteiger partial charge in [0.05, 0.1) is 5.41 Å². The van der Waals surface area contributed by atoms with Crippen molar-refractivity contribution >= 4 is 0 Å². The van der Waals surface area contributed by atoms with Gasteiger partial charge in [-0.25, -0.2) is 0 Å². The molecule has 2 fully saturated rings. The molecule has 0 aromatic heterocycles. The van der Waals surface area contributed by atoms with Crippen molar-refractivity contribution < 1.29 is 13.2 Å². The van der Waals surface area contributed by atoms with Crippen molar-refractivity contribution in [3.05, 3.63) is 0 Å². The van der Waals surface area contributed by atoms with Crippen molar-refractivity contribution in [1.82, 2.24) is 0 Å². The Hall–Kier alpha value is -0.210. The van der Waals surface area contributed by atoms with E-state index in [-0.39, 0.29) is 0 Å². The number of halogens is 3. The molecule has 3 heteroatoms. The molecule has 2 saturated carbocycles. The largest absolute Gasteiger partial charge is 0.394 e. The van der Waals surface area contributed by atoms with Crippen LogP contribution >= 0.6 is 0 Å². The van der Waals surface area contributed by atoms with Crippen LogP contribution in [0.4, 0.5) is 13.2 Å². The SMILES string of the molecule is CCCC1CCC([C@H]2CC[C@@](CCC)(C(F)(F)F)CC2)CC1. The van der Waals surface area contributed by atoms with E-state index in [1.807, 2.05) is 6.92 Å². The fourth-order valence-electron chi connectivity index (χ4n) is 5.17. The first-order valence-corrected chi connectivity index (χ1v) is 9.48. The quantitative estimate of drug-likeness (QED) is 0.505.